The summed E-state index contributed by atoms with van der Waals surface area (Å²) in [5, 5.41) is 2.57. The van der Waals surface area contributed by atoms with Crippen molar-refractivity contribution in [1.82, 2.24) is 4.57 Å². The third-order valence-electron chi connectivity index (χ3n) is 15.0. The van der Waals surface area contributed by atoms with Crippen LogP contribution in [0.3, 0.4) is 0 Å². The first-order valence-electron chi connectivity index (χ1n) is 25.3. The van der Waals surface area contributed by atoms with Crippen molar-refractivity contribution in [2.45, 2.75) is 38.8 Å². The Balaban J connectivity index is 0.822. The van der Waals surface area contributed by atoms with E-state index < -0.39 is 0 Å². The zero-order chi connectivity index (χ0) is 49.3. The van der Waals surface area contributed by atoms with Gasteiger partial charge in [0.15, 0.2) is 0 Å². The van der Waals surface area contributed by atoms with E-state index in [9.17, 15) is 0 Å². The van der Waals surface area contributed by atoms with Crippen LogP contribution in [0.25, 0.3) is 60.9 Å². The van der Waals surface area contributed by atoms with Gasteiger partial charge in [0.25, 0.3) is 0 Å². The zero-order valence-corrected chi connectivity index (χ0v) is 42.6. The summed E-state index contributed by atoms with van der Waals surface area (Å²) in [6.07, 6.45) is 0. The standard InChI is InChI=1S/C69H49N3S2/c1-69(2)65-58(59-44-45-64-68(66(59)69)74-63-25-15-14-24-62(63)73-64)42-43-60-57-22-12-13-23-61(57)72(67(60)65)56-36-30-49(31-37-56)48-28-34-53(35-29-48)71(52-32-26-47(27-33-52)46-16-6-3-7-17-46)55-40-38-54(39-41-55)70(50-18-8-4-9-19-50)51-20-10-5-11-21-51/h3-45H,1-2H3. The normalized spacial score (nSPS) is 13.0. The van der Waals surface area contributed by atoms with Crippen LogP contribution in [0.15, 0.2) is 280 Å². The smallest absolute Gasteiger partial charge is 0.0588 e. The van der Waals surface area contributed by atoms with Crippen molar-refractivity contribution in [2.24, 2.45) is 0 Å². The molecule has 0 saturated heterocycles. The van der Waals surface area contributed by atoms with Crippen LogP contribution in [-0.2, 0) is 5.41 Å². The lowest BCUT2D eigenvalue weighted by atomic mass is 9.81. The van der Waals surface area contributed by atoms with Gasteiger partial charge in [-0.2, -0.15) is 0 Å². The number of fused-ring (bicyclic) bond motifs is 10. The summed E-state index contributed by atoms with van der Waals surface area (Å²) in [7, 11) is 0. The first kappa shape index (κ1) is 44.2. The minimum Gasteiger partial charge on any atom is -0.311 e. The van der Waals surface area contributed by atoms with E-state index in [1.807, 2.05) is 23.5 Å². The van der Waals surface area contributed by atoms with Crippen LogP contribution in [0.4, 0.5) is 34.1 Å². The molecule has 0 spiro atoms. The van der Waals surface area contributed by atoms with Crippen molar-refractivity contribution in [2.75, 3.05) is 9.80 Å². The highest BCUT2D eigenvalue weighted by atomic mass is 32.2. The van der Waals surface area contributed by atoms with Crippen molar-refractivity contribution >= 4 is 79.5 Å². The van der Waals surface area contributed by atoms with Gasteiger partial charge in [-0.25, -0.2) is 0 Å². The molecule has 1 aromatic heterocycles. The maximum absolute atomic E-state index is 2.53. The molecule has 14 rings (SSSR count). The predicted molar refractivity (Wildman–Crippen MR) is 313 cm³/mol. The van der Waals surface area contributed by atoms with E-state index >= 15 is 0 Å². The predicted octanol–water partition coefficient (Wildman–Crippen LogP) is 20.0. The molecule has 1 aliphatic heterocycles. The SMILES string of the molecule is CC1(C)c2c(ccc3c2Sc2ccccc2S3)-c2ccc3c4ccccc4n(-c4ccc(-c5ccc(N(c6ccc(-c7ccccc7)cc6)c6ccc(N(c7ccccc7)c7ccccc7)cc6)cc5)cc4)c3c21. The van der Waals surface area contributed by atoms with Gasteiger partial charge >= 0.3 is 0 Å². The molecule has 3 nitrogen and oxygen atoms in total. The zero-order valence-electron chi connectivity index (χ0n) is 41.0. The van der Waals surface area contributed by atoms with E-state index in [0.29, 0.717) is 0 Å². The first-order valence-corrected chi connectivity index (χ1v) is 27.0. The fraction of sp³-hybridized carbons (Fsp3) is 0.0435. The Morgan fingerprint density at radius 2 is 0.743 bits per heavy atom. The highest BCUT2D eigenvalue weighted by molar-refractivity contribution is 8.05. The van der Waals surface area contributed by atoms with E-state index in [1.165, 1.54) is 80.3 Å². The number of rotatable bonds is 9. The largest absolute Gasteiger partial charge is 0.311 e. The molecular weight excluding hydrogens is 935 g/mol. The molecule has 1 aliphatic carbocycles. The Kier molecular flexibility index (Phi) is 10.7. The van der Waals surface area contributed by atoms with Crippen molar-refractivity contribution in [3.63, 3.8) is 0 Å². The van der Waals surface area contributed by atoms with Gasteiger partial charge in [0.2, 0.25) is 0 Å². The topological polar surface area (TPSA) is 11.4 Å². The Morgan fingerprint density at radius 1 is 0.324 bits per heavy atom. The maximum Gasteiger partial charge on any atom is 0.0588 e. The van der Waals surface area contributed by atoms with Gasteiger partial charge in [-0.3, -0.25) is 0 Å². The monoisotopic (exact) mass is 983 g/mol. The molecule has 11 aromatic carbocycles. The number of benzene rings is 11. The van der Waals surface area contributed by atoms with E-state index in [1.54, 1.807) is 0 Å². The van der Waals surface area contributed by atoms with Crippen molar-refractivity contribution < 1.29 is 0 Å². The van der Waals surface area contributed by atoms with Crippen LogP contribution in [0.2, 0.25) is 0 Å². The minimum atomic E-state index is -0.228. The van der Waals surface area contributed by atoms with E-state index in [2.05, 4.69) is 289 Å². The number of aromatic nitrogens is 1. The number of hydrogen-bond acceptors (Lipinski definition) is 4. The summed E-state index contributed by atoms with van der Waals surface area (Å²) in [5.41, 5.74) is 20.3. The molecule has 12 aromatic rings. The molecule has 352 valence electrons. The lowest BCUT2D eigenvalue weighted by molar-refractivity contribution is 0.645. The van der Waals surface area contributed by atoms with Crippen LogP contribution in [0.1, 0.15) is 25.0 Å². The molecular formula is C69H49N3S2. The molecule has 0 radical (unpaired) electrons. The van der Waals surface area contributed by atoms with Crippen molar-refractivity contribution in [1.29, 1.82) is 0 Å². The van der Waals surface area contributed by atoms with Gasteiger partial charge in [0.1, 0.15) is 0 Å². The Morgan fingerprint density at radius 3 is 1.31 bits per heavy atom. The average molecular weight is 984 g/mol. The first-order chi connectivity index (χ1) is 36.5. The highest BCUT2D eigenvalue weighted by Gasteiger charge is 2.42. The van der Waals surface area contributed by atoms with E-state index in [-0.39, 0.29) is 5.41 Å². The summed E-state index contributed by atoms with van der Waals surface area (Å²) < 4.78 is 2.53. The van der Waals surface area contributed by atoms with Crippen LogP contribution < -0.4 is 9.80 Å². The summed E-state index contributed by atoms with van der Waals surface area (Å²) in [6.45, 7) is 4.89. The second-order valence-corrected chi connectivity index (χ2v) is 21.8. The summed E-state index contributed by atoms with van der Waals surface area (Å²) in [6, 6.07) is 95.1. The fourth-order valence-electron chi connectivity index (χ4n) is 11.6. The molecule has 0 N–H and O–H groups in total. The molecule has 2 heterocycles. The van der Waals surface area contributed by atoms with E-state index in [4.69, 9.17) is 0 Å². The third kappa shape index (κ3) is 7.37. The second-order valence-electron chi connectivity index (χ2n) is 19.7. The molecule has 0 bridgehead atoms. The Labute approximate surface area is 441 Å². The van der Waals surface area contributed by atoms with Gasteiger partial charge in [0.05, 0.1) is 11.0 Å². The van der Waals surface area contributed by atoms with Crippen LogP contribution in [0.5, 0.6) is 0 Å². The number of nitrogens with zero attached hydrogens (tertiary/aromatic N) is 3. The highest BCUT2D eigenvalue weighted by Crippen LogP contribution is 2.60. The lowest BCUT2D eigenvalue weighted by Gasteiger charge is -2.28. The number of para-hydroxylation sites is 3. The molecule has 74 heavy (non-hydrogen) atoms. The lowest BCUT2D eigenvalue weighted by Crippen LogP contribution is -2.18. The fourth-order valence-corrected chi connectivity index (χ4v) is 14.1. The van der Waals surface area contributed by atoms with E-state index in [0.717, 1.165) is 45.4 Å². The maximum atomic E-state index is 2.53. The minimum absolute atomic E-state index is 0.228. The molecule has 0 saturated carbocycles. The van der Waals surface area contributed by atoms with Gasteiger partial charge in [0, 0.05) is 75.6 Å². The van der Waals surface area contributed by atoms with Gasteiger partial charge in [-0.15, -0.1) is 0 Å². The molecule has 0 amide bonds. The summed E-state index contributed by atoms with van der Waals surface area (Å²) in [4.78, 5) is 10.1. The summed E-state index contributed by atoms with van der Waals surface area (Å²) >= 11 is 3.84. The number of hydrogen-bond donors (Lipinski definition) is 0. The Hall–Kier alpha value is -8.48. The summed E-state index contributed by atoms with van der Waals surface area (Å²) in [5.74, 6) is 0. The molecule has 0 fully saturated rings. The van der Waals surface area contributed by atoms with Gasteiger partial charge < -0.3 is 14.4 Å². The quantitative estimate of drug-likeness (QED) is 0.143. The molecule has 2 aliphatic rings. The third-order valence-corrected chi connectivity index (χ3v) is 17.6. The van der Waals surface area contributed by atoms with Crippen molar-refractivity contribution in [3.05, 3.63) is 272 Å². The van der Waals surface area contributed by atoms with Crippen LogP contribution >= 0.6 is 23.5 Å². The van der Waals surface area contributed by atoms with Crippen LogP contribution in [-0.4, -0.2) is 4.57 Å². The van der Waals surface area contributed by atoms with Crippen molar-refractivity contribution in [3.8, 4) is 39.1 Å². The molecule has 0 unspecified atom stereocenters. The second kappa shape index (κ2) is 17.9. The molecule has 0 atom stereocenters. The van der Waals surface area contributed by atoms with Crippen LogP contribution in [0, 0.1) is 0 Å². The average Bonchev–Trinajstić information content (AvgIpc) is 3.94. The Bertz CT molecular complexity index is 4020. The van der Waals surface area contributed by atoms with Gasteiger partial charge in [-0.05, 0) is 154 Å². The number of anilines is 6. The molecule has 5 heteroatoms. The van der Waals surface area contributed by atoms with Gasteiger partial charge in [-0.1, -0.05) is 189 Å².